The molecule has 0 atom stereocenters. The lowest BCUT2D eigenvalue weighted by molar-refractivity contribution is -0.121. The molecule has 1 aromatic heterocycles. The van der Waals surface area contributed by atoms with Crippen LogP contribution in [0.3, 0.4) is 0 Å². The number of carbonyl (C=O) groups is 1. The van der Waals surface area contributed by atoms with Crippen molar-refractivity contribution < 1.29 is 9.21 Å². The minimum absolute atomic E-state index is 0.102. The van der Waals surface area contributed by atoms with Gasteiger partial charge < -0.3 is 15.1 Å². The molecule has 1 aliphatic carbocycles. The van der Waals surface area contributed by atoms with E-state index in [0.29, 0.717) is 25.0 Å². The number of carbonyl (C=O) groups excluding carboxylic acids is 1. The van der Waals surface area contributed by atoms with E-state index in [0.717, 1.165) is 23.9 Å². The van der Waals surface area contributed by atoms with Gasteiger partial charge in [-0.25, -0.2) is 0 Å². The average Bonchev–Trinajstić information content (AvgIpc) is 2.91. The highest BCUT2D eigenvalue weighted by atomic mass is 16.4. The van der Waals surface area contributed by atoms with E-state index in [1.165, 1.54) is 19.3 Å². The standard InChI is InChI=1S/C16H21N3O2/c20-15(18-12-6-2-1-3-7-12)10-11-17-16-19-13-8-4-5-9-14(13)21-16/h4-5,8-9,12H,1-3,6-7,10-11H2,(H,17,19)(H,18,20). The van der Waals surface area contributed by atoms with Crippen LogP contribution >= 0.6 is 0 Å². The number of fused-ring (bicyclic) bond motifs is 1. The molecule has 1 amide bonds. The fraction of sp³-hybridized carbons (Fsp3) is 0.500. The first kappa shape index (κ1) is 13.9. The molecule has 1 heterocycles. The Balaban J connectivity index is 1.43. The molecule has 0 aliphatic heterocycles. The number of rotatable bonds is 5. The Morgan fingerprint density at radius 1 is 1.24 bits per heavy atom. The highest BCUT2D eigenvalue weighted by molar-refractivity contribution is 5.77. The van der Waals surface area contributed by atoms with Crippen molar-refractivity contribution in [1.82, 2.24) is 10.3 Å². The van der Waals surface area contributed by atoms with Crippen molar-refractivity contribution in [3.05, 3.63) is 24.3 Å². The molecule has 0 saturated heterocycles. The first-order valence-corrected chi connectivity index (χ1v) is 7.70. The number of para-hydroxylation sites is 2. The number of anilines is 1. The first-order valence-electron chi connectivity index (χ1n) is 7.70. The number of hydrogen-bond donors (Lipinski definition) is 2. The second kappa shape index (κ2) is 6.61. The zero-order valence-corrected chi connectivity index (χ0v) is 12.1. The third kappa shape index (κ3) is 3.74. The highest BCUT2D eigenvalue weighted by Gasteiger charge is 2.15. The van der Waals surface area contributed by atoms with Gasteiger partial charge in [-0.15, -0.1) is 0 Å². The number of benzene rings is 1. The lowest BCUT2D eigenvalue weighted by Gasteiger charge is -2.22. The van der Waals surface area contributed by atoms with Crippen molar-refractivity contribution in [2.75, 3.05) is 11.9 Å². The summed E-state index contributed by atoms with van der Waals surface area (Å²) in [6, 6.07) is 8.46. The first-order chi connectivity index (χ1) is 10.3. The molecule has 0 unspecified atom stereocenters. The van der Waals surface area contributed by atoms with Gasteiger partial charge in [0.2, 0.25) is 5.91 Å². The molecule has 2 aromatic rings. The Morgan fingerprint density at radius 3 is 2.86 bits per heavy atom. The molecule has 21 heavy (non-hydrogen) atoms. The average molecular weight is 287 g/mol. The molecule has 2 N–H and O–H groups in total. The van der Waals surface area contributed by atoms with Crippen LogP contribution in [0, 0.1) is 0 Å². The SMILES string of the molecule is O=C(CCNc1nc2ccccc2o1)NC1CCCCC1. The number of amides is 1. The second-order valence-electron chi connectivity index (χ2n) is 5.57. The molecule has 1 aromatic carbocycles. The van der Waals surface area contributed by atoms with Gasteiger partial charge in [0, 0.05) is 19.0 Å². The number of nitrogens with zero attached hydrogens (tertiary/aromatic N) is 1. The summed E-state index contributed by atoms with van der Waals surface area (Å²) < 4.78 is 5.55. The summed E-state index contributed by atoms with van der Waals surface area (Å²) in [6.07, 6.45) is 6.42. The smallest absolute Gasteiger partial charge is 0.295 e. The summed E-state index contributed by atoms with van der Waals surface area (Å²) >= 11 is 0. The maximum atomic E-state index is 11.9. The maximum Gasteiger partial charge on any atom is 0.295 e. The van der Waals surface area contributed by atoms with Gasteiger partial charge in [0.25, 0.3) is 6.01 Å². The van der Waals surface area contributed by atoms with Crippen LogP contribution in [0.5, 0.6) is 0 Å². The summed E-state index contributed by atoms with van der Waals surface area (Å²) in [7, 11) is 0. The van der Waals surface area contributed by atoms with E-state index in [9.17, 15) is 4.79 Å². The minimum Gasteiger partial charge on any atom is -0.424 e. The highest BCUT2D eigenvalue weighted by Crippen LogP contribution is 2.18. The molecular formula is C16H21N3O2. The van der Waals surface area contributed by atoms with E-state index in [1.54, 1.807) is 0 Å². The lowest BCUT2D eigenvalue weighted by atomic mass is 9.95. The van der Waals surface area contributed by atoms with Crippen LogP contribution in [0.2, 0.25) is 0 Å². The number of oxazole rings is 1. The third-order valence-corrected chi connectivity index (χ3v) is 3.89. The van der Waals surface area contributed by atoms with Gasteiger partial charge in [-0.05, 0) is 25.0 Å². The zero-order chi connectivity index (χ0) is 14.5. The minimum atomic E-state index is 0.102. The summed E-state index contributed by atoms with van der Waals surface area (Å²) in [5.41, 5.74) is 1.58. The number of nitrogens with one attached hydrogen (secondary N) is 2. The van der Waals surface area contributed by atoms with Gasteiger partial charge in [-0.2, -0.15) is 4.98 Å². The molecule has 0 radical (unpaired) electrons. The molecule has 0 spiro atoms. The van der Waals surface area contributed by atoms with Crippen molar-refractivity contribution in [2.45, 2.75) is 44.6 Å². The fourth-order valence-electron chi connectivity index (χ4n) is 2.78. The molecule has 5 heteroatoms. The van der Waals surface area contributed by atoms with Crippen molar-refractivity contribution in [1.29, 1.82) is 0 Å². The summed E-state index contributed by atoms with van der Waals surface area (Å²) in [4.78, 5) is 16.2. The quantitative estimate of drug-likeness (QED) is 0.887. The predicted octanol–water partition coefficient (Wildman–Crippen LogP) is 3.08. The molecule has 1 fully saturated rings. The van der Waals surface area contributed by atoms with Crippen LogP contribution in [-0.2, 0) is 4.79 Å². The zero-order valence-electron chi connectivity index (χ0n) is 12.1. The predicted molar refractivity (Wildman–Crippen MR) is 82.1 cm³/mol. The van der Waals surface area contributed by atoms with Crippen LogP contribution in [0.15, 0.2) is 28.7 Å². The monoisotopic (exact) mass is 287 g/mol. The Morgan fingerprint density at radius 2 is 2.05 bits per heavy atom. The topological polar surface area (TPSA) is 67.2 Å². The van der Waals surface area contributed by atoms with Gasteiger partial charge in [-0.1, -0.05) is 31.4 Å². The van der Waals surface area contributed by atoms with Gasteiger partial charge in [0.05, 0.1) is 0 Å². The molecule has 3 rings (SSSR count). The molecule has 112 valence electrons. The normalized spacial score (nSPS) is 16.0. The van der Waals surface area contributed by atoms with Crippen LogP contribution in [0.1, 0.15) is 38.5 Å². The lowest BCUT2D eigenvalue weighted by Crippen LogP contribution is -2.36. The maximum absolute atomic E-state index is 11.9. The van der Waals surface area contributed by atoms with E-state index in [4.69, 9.17) is 4.42 Å². The molecule has 5 nitrogen and oxygen atoms in total. The van der Waals surface area contributed by atoms with Crippen molar-refractivity contribution in [3.8, 4) is 0 Å². The van der Waals surface area contributed by atoms with Crippen LogP contribution in [0.4, 0.5) is 6.01 Å². The second-order valence-corrected chi connectivity index (χ2v) is 5.57. The molecule has 1 saturated carbocycles. The van der Waals surface area contributed by atoms with Gasteiger partial charge >= 0.3 is 0 Å². The van der Waals surface area contributed by atoms with Crippen LogP contribution in [-0.4, -0.2) is 23.5 Å². The largest absolute Gasteiger partial charge is 0.424 e. The van der Waals surface area contributed by atoms with E-state index in [2.05, 4.69) is 15.6 Å². The van der Waals surface area contributed by atoms with Crippen molar-refractivity contribution >= 4 is 23.0 Å². The summed E-state index contributed by atoms with van der Waals surface area (Å²) in [6.45, 7) is 0.533. The van der Waals surface area contributed by atoms with E-state index >= 15 is 0 Å². The van der Waals surface area contributed by atoms with Crippen molar-refractivity contribution in [2.24, 2.45) is 0 Å². The summed E-state index contributed by atoms with van der Waals surface area (Å²) in [5.74, 6) is 0.102. The van der Waals surface area contributed by atoms with E-state index in [1.807, 2.05) is 24.3 Å². The van der Waals surface area contributed by atoms with Gasteiger partial charge in [0.15, 0.2) is 5.58 Å². The number of aromatic nitrogens is 1. The Labute approximate surface area is 124 Å². The van der Waals surface area contributed by atoms with Gasteiger partial charge in [-0.3, -0.25) is 4.79 Å². The molecular weight excluding hydrogens is 266 g/mol. The summed E-state index contributed by atoms with van der Waals surface area (Å²) in [5, 5.41) is 6.17. The van der Waals surface area contributed by atoms with Crippen LogP contribution in [0.25, 0.3) is 11.1 Å². The fourth-order valence-corrected chi connectivity index (χ4v) is 2.78. The Hall–Kier alpha value is -2.04. The van der Waals surface area contributed by atoms with Gasteiger partial charge in [0.1, 0.15) is 5.52 Å². The van der Waals surface area contributed by atoms with Crippen LogP contribution < -0.4 is 10.6 Å². The Bertz CT molecular complexity index is 569. The Kier molecular flexibility index (Phi) is 4.38. The molecule has 1 aliphatic rings. The van der Waals surface area contributed by atoms with E-state index in [-0.39, 0.29) is 5.91 Å². The van der Waals surface area contributed by atoms with E-state index < -0.39 is 0 Å². The number of hydrogen-bond acceptors (Lipinski definition) is 4. The molecule has 0 bridgehead atoms. The third-order valence-electron chi connectivity index (χ3n) is 3.89. The van der Waals surface area contributed by atoms with Crippen molar-refractivity contribution in [3.63, 3.8) is 0 Å².